The van der Waals surface area contributed by atoms with Crippen LogP contribution in [0.2, 0.25) is 0 Å². The molecule has 1 aliphatic rings. The fraction of sp³-hybridized carbons (Fsp3) is 0.261. The number of hydrogen-bond acceptors (Lipinski definition) is 6. The quantitative estimate of drug-likeness (QED) is 0.540. The molecule has 4 aromatic rings. The molecule has 0 radical (unpaired) electrons. The Balaban J connectivity index is 1.14. The van der Waals surface area contributed by atoms with E-state index in [1.165, 1.54) is 0 Å². The zero-order chi connectivity index (χ0) is 20.3. The van der Waals surface area contributed by atoms with Gasteiger partial charge in [-0.05, 0) is 30.9 Å². The lowest BCUT2D eigenvalue weighted by Gasteiger charge is -2.30. The van der Waals surface area contributed by atoms with Crippen molar-refractivity contribution in [2.24, 2.45) is 5.92 Å². The molecule has 2 aromatic carbocycles. The van der Waals surface area contributed by atoms with Crippen molar-refractivity contribution in [2.75, 3.05) is 24.5 Å². The van der Waals surface area contributed by atoms with Crippen LogP contribution in [0.5, 0.6) is 0 Å². The summed E-state index contributed by atoms with van der Waals surface area (Å²) in [6.45, 7) is 2.33. The fourth-order valence-electron chi connectivity index (χ4n) is 3.77. The largest absolute Gasteiger partial charge is 0.423 e. The number of aromatic nitrogens is 2. The van der Waals surface area contributed by atoms with Crippen molar-refractivity contribution in [3.8, 4) is 11.3 Å². The lowest BCUT2D eigenvalue weighted by molar-refractivity contribution is 0.0935. The van der Waals surface area contributed by atoms with Crippen LogP contribution in [0.25, 0.3) is 22.4 Å². The van der Waals surface area contributed by atoms with Gasteiger partial charge in [0.1, 0.15) is 5.52 Å². The van der Waals surface area contributed by atoms with Crippen molar-refractivity contribution in [1.29, 1.82) is 0 Å². The number of para-hydroxylation sites is 2. The van der Waals surface area contributed by atoms with Gasteiger partial charge in [-0.3, -0.25) is 4.79 Å². The van der Waals surface area contributed by atoms with Gasteiger partial charge in [0.2, 0.25) is 0 Å². The SMILES string of the molecule is O=C(NCC1CCN(c2nc3ccccc3o2)CC1)c1cc(-c2ccccc2)on1. The summed E-state index contributed by atoms with van der Waals surface area (Å²) in [5, 5.41) is 6.90. The Morgan fingerprint density at radius 1 is 1.07 bits per heavy atom. The number of fused-ring (bicyclic) bond motifs is 1. The van der Waals surface area contributed by atoms with Crippen molar-refractivity contribution in [3.63, 3.8) is 0 Å². The van der Waals surface area contributed by atoms with E-state index in [1.807, 2.05) is 54.6 Å². The lowest BCUT2D eigenvalue weighted by Crippen LogP contribution is -2.38. The monoisotopic (exact) mass is 402 g/mol. The molecule has 3 heterocycles. The molecular formula is C23H22N4O3. The molecule has 0 aliphatic carbocycles. The molecule has 1 aliphatic heterocycles. The highest BCUT2D eigenvalue weighted by atomic mass is 16.5. The third-order valence-electron chi connectivity index (χ3n) is 5.52. The van der Waals surface area contributed by atoms with Crippen LogP contribution in [0.4, 0.5) is 6.01 Å². The minimum atomic E-state index is -0.206. The van der Waals surface area contributed by atoms with Crippen molar-refractivity contribution in [2.45, 2.75) is 12.8 Å². The van der Waals surface area contributed by atoms with Gasteiger partial charge in [-0.1, -0.05) is 47.6 Å². The number of oxazole rings is 1. The summed E-state index contributed by atoms with van der Waals surface area (Å²) in [6, 6.07) is 19.8. The Bertz CT molecular complexity index is 1110. The summed E-state index contributed by atoms with van der Waals surface area (Å²) in [4.78, 5) is 19.2. The van der Waals surface area contributed by atoms with Crippen LogP contribution in [0, 0.1) is 5.92 Å². The second-order valence-corrected chi connectivity index (χ2v) is 7.55. The summed E-state index contributed by atoms with van der Waals surface area (Å²) < 4.78 is 11.2. The summed E-state index contributed by atoms with van der Waals surface area (Å²) in [5.74, 6) is 0.796. The second-order valence-electron chi connectivity index (χ2n) is 7.55. The van der Waals surface area contributed by atoms with Gasteiger partial charge in [-0.25, -0.2) is 0 Å². The van der Waals surface area contributed by atoms with Crippen LogP contribution in [0.1, 0.15) is 23.3 Å². The number of carbonyl (C=O) groups excluding carboxylic acids is 1. The second kappa shape index (κ2) is 8.02. The Labute approximate surface area is 173 Å². The maximum absolute atomic E-state index is 12.4. The van der Waals surface area contributed by atoms with Gasteiger partial charge in [-0.15, -0.1) is 0 Å². The predicted octanol–water partition coefficient (Wildman–Crippen LogP) is 4.13. The highest BCUT2D eigenvalue weighted by molar-refractivity contribution is 5.93. The molecule has 7 heteroatoms. The molecule has 0 spiro atoms. The molecule has 0 atom stereocenters. The number of piperidine rings is 1. The van der Waals surface area contributed by atoms with Gasteiger partial charge in [0.05, 0.1) is 0 Å². The molecule has 0 unspecified atom stereocenters. The van der Waals surface area contributed by atoms with Crippen LogP contribution in [-0.4, -0.2) is 35.7 Å². The summed E-state index contributed by atoms with van der Waals surface area (Å²) >= 11 is 0. The van der Waals surface area contributed by atoms with Crippen LogP contribution < -0.4 is 10.2 Å². The first-order valence-electron chi connectivity index (χ1n) is 10.2. The standard InChI is InChI=1S/C23H22N4O3/c28-22(19-14-21(30-26-19)17-6-2-1-3-7-17)24-15-16-10-12-27(13-11-16)23-25-18-8-4-5-9-20(18)29-23/h1-9,14,16H,10-13,15H2,(H,24,28). The average molecular weight is 402 g/mol. The van der Waals surface area contributed by atoms with Crippen molar-refractivity contribution in [3.05, 3.63) is 66.4 Å². The first kappa shape index (κ1) is 18.4. The number of anilines is 1. The molecule has 7 nitrogen and oxygen atoms in total. The first-order valence-corrected chi connectivity index (χ1v) is 10.2. The average Bonchev–Trinajstić information content (AvgIpc) is 3.46. The van der Waals surface area contributed by atoms with E-state index < -0.39 is 0 Å². The predicted molar refractivity (Wildman–Crippen MR) is 113 cm³/mol. The van der Waals surface area contributed by atoms with Crippen molar-refractivity contribution < 1.29 is 13.7 Å². The molecule has 2 aromatic heterocycles. The van der Waals surface area contributed by atoms with Gasteiger partial charge in [0.25, 0.3) is 11.9 Å². The van der Waals surface area contributed by atoms with Gasteiger partial charge >= 0.3 is 0 Å². The normalized spacial score (nSPS) is 14.9. The molecule has 0 saturated carbocycles. The molecule has 1 fully saturated rings. The van der Waals surface area contributed by atoms with E-state index >= 15 is 0 Å². The van der Waals surface area contributed by atoms with Gasteiger partial charge < -0.3 is 19.2 Å². The van der Waals surface area contributed by atoms with E-state index in [9.17, 15) is 4.79 Å². The van der Waals surface area contributed by atoms with E-state index in [0.29, 0.717) is 29.9 Å². The van der Waals surface area contributed by atoms with Gasteiger partial charge in [-0.2, -0.15) is 4.98 Å². The minimum absolute atomic E-state index is 0.206. The maximum atomic E-state index is 12.4. The number of benzene rings is 2. The van der Waals surface area contributed by atoms with E-state index in [4.69, 9.17) is 8.94 Å². The zero-order valence-corrected chi connectivity index (χ0v) is 16.5. The Kier molecular flexibility index (Phi) is 4.93. The van der Waals surface area contributed by atoms with Gasteiger partial charge in [0, 0.05) is 31.3 Å². The van der Waals surface area contributed by atoms with Crippen molar-refractivity contribution >= 4 is 23.0 Å². The van der Waals surface area contributed by atoms with Crippen LogP contribution in [0.3, 0.4) is 0 Å². The Hall–Kier alpha value is -3.61. The molecule has 152 valence electrons. The van der Waals surface area contributed by atoms with E-state index in [0.717, 1.165) is 42.6 Å². The maximum Gasteiger partial charge on any atom is 0.298 e. The molecule has 1 amide bonds. The summed E-state index contributed by atoms with van der Waals surface area (Å²) in [6.07, 6.45) is 1.93. The molecule has 1 N–H and O–H groups in total. The van der Waals surface area contributed by atoms with Crippen LogP contribution in [-0.2, 0) is 0 Å². The van der Waals surface area contributed by atoms with E-state index in [-0.39, 0.29) is 5.91 Å². The zero-order valence-electron chi connectivity index (χ0n) is 16.5. The molecule has 5 rings (SSSR count). The number of nitrogens with one attached hydrogen (secondary N) is 1. The Morgan fingerprint density at radius 3 is 2.63 bits per heavy atom. The number of rotatable bonds is 5. The lowest BCUT2D eigenvalue weighted by atomic mass is 9.97. The first-order chi connectivity index (χ1) is 14.8. The fourth-order valence-corrected chi connectivity index (χ4v) is 3.77. The minimum Gasteiger partial charge on any atom is -0.423 e. The summed E-state index contributed by atoms with van der Waals surface area (Å²) in [5.41, 5.74) is 2.89. The molecular weight excluding hydrogens is 380 g/mol. The molecule has 30 heavy (non-hydrogen) atoms. The van der Waals surface area contributed by atoms with Crippen molar-refractivity contribution in [1.82, 2.24) is 15.5 Å². The number of nitrogens with zero attached hydrogens (tertiary/aromatic N) is 3. The third-order valence-corrected chi connectivity index (χ3v) is 5.52. The Morgan fingerprint density at radius 2 is 1.83 bits per heavy atom. The van der Waals surface area contributed by atoms with E-state index in [2.05, 4.69) is 20.4 Å². The number of hydrogen-bond donors (Lipinski definition) is 1. The van der Waals surface area contributed by atoms with Gasteiger partial charge in [0.15, 0.2) is 17.0 Å². The smallest absolute Gasteiger partial charge is 0.298 e. The number of amides is 1. The third kappa shape index (κ3) is 3.78. The molecule has 1 saturated heterocycles. The van der Waals surface area contributed by atoms with Crippen LogP contribution >= 0.6 is 0 Å². The number of carbonyl (C=O) groups is 1. The summed E-state index contributed by atoms with van der Waals surface area (Å²) in [7, 11) is 0. The van der Waals surface area contributed by atoms with Crippen LogP contribution in [0.15, 0.2) is 69.6 Å². The topological polar surface area (TPSA) is 84.4 Å². The highest BCUT2D eigenvalue weighted by Gasteiger charge is 2.23. The highest BCUT2D eigenvalue weighted by Crippen LogP contribution is 2.26. The molecule has 0 bridgehead atoms. The van der Waals surface area contributed by atoms with E-state index in [1.54, 1.807) is 6.07 Å².